The molecule has 4 heteroatoms. The van der Waals surface area contributed by atoms with Gasteiger partial charge in [0.2, 0.25) is 0 Å². The van der Waals surface area contributed by atoms with Crippen molar-refractivity contribution in [2.24, 2.45) is 0 Å². The minimum absolute atomic E-state index is 0.719. The molecule has 0 aliphatic carbocycles. The van der Waals surface area contributed by atoms with Crippen LogP contribution in [0.25, 0.3) is 0 Å². The Kier molecular flexibility index (Phi) is 11.0. The minimum atomic E-state index is 0.719. The second kappa shape index (κ2) is 12.8. The molecule has 0 amide bonds. The maximum absolute atomic E-state index is 5.21. The summed E-state index contributed by atoms with van der Waals surface area (Å²) in [6, 6.07) is 0. The van der Waals surface area contributed by atoms with E-state index in [0.29, 0.717) is 0 Å². The van der Waals surface area contributed by atoms with Crippen molar-refractivity contribution in [2.75, 3.05) is 13.2 Å². The van der Waals surface area contributed by atoms with Gasteiger partial charge in [-0.15, -0.1) is 17.4 Å². The Hall–Kier alpha value is -0.600. The molecule has 0 bridgehead atoms. The van der Waals surface area contributed by atoms with Crippen LogP contribution in [0.4, 0.5) is 0 Å². The molecular formula is C14H27N3O. The molecule has 0 aromatic heterocycles. The summed E-state index contributed by atoms with van der Waals surface area (Å²) in [6.45, 7) is 1.69. The second-order valence-electron chi connectivity index (χ2n) is 4.68. The molecule has 1 rings (SSSR count). The fraction of sp³-hybridized carbons (Fsp3) is 0.857. The summed E-state index contributed by atoms with van der Waals surface area (Å²) in [5, 5.41) is 0. The summed E-state index contributed by atoms with van der Waals surface area (Å²) in [5.74, 6) is 6.50. The zero-order valence-electron chi connectivity index (χ0n) is 11.4. The fourth-order valence-corrected chi connectivity index (χ4v) is 1.88. The van der Waals surface area contributed by atoms with E-state index in [2.05, 4.69) is 28.4 Å². The van der Waals surface area contributed by atoms with Gasteiger partial charge in [-0.2, -0.15) is 5.53 Å². The van der Waals surface area contributed by atoms with Crippen LogP contribution < -0.4 is 16.5 Å². The lowest BCUT2D eigenvalue weighted by Gasteiger charge is -2.08. The van der Waals surface area contributed by atoms with E-state index in [-0.39, 0.29) is 0 Å². The van der Waals surface area contributed by atoms with Gasteiger partial charge in [0, 0.05) is 19.4 Å². The number of hydrogen-bond donors (Lipinski definition) is 3. The van der Waals surface area contributed by atoms with Gasteiger partial charge in [0.05, 0.1) is 6.61 Å². The van der Waals surface area contributed by atoms with E-state index >= 15 is 0 Å². The average Bonchev–Trinajstić information content (AvgIpc) is 2.39. The summed E-state index contributed by atoms with van der Waals surface area (Å²) in [7, 11) is 0. The van der Waals surface area contributed by atoms with Crippen LogP contribution in [0.2, 0.25) is 0 Å². The van der Waals surface area contributed by atoms with Crippen LogP contribution in [0.3, 0.4) is 0 Å². The van der Waals surface area contributed by atoms with Crippen molar-refractivity contribution >= 4 is 0 Å². The Morgan fingerprint density at radius 1 is 0.722 bits per heavy atom. The van der Waals surface area contributed by atoms with E-state index in [1.165, 1.54) is 38.5 Å². The van der Waals surface area contributed by atoms with Gasteiger partial charge < -0.3 is 0 Å². The van der Waals surface area contributed by atoms with Gasteiger partial charge in [-0.1, -0.05) is 25.7 Å². The lowest BCUT2D eigenvalue weighted by Crippen LogP contribution is -2.43. The monoisotopic (exact) mass is 253 g/mol. The Balaban J connectivity index is 2.09. The van der Waals surface area contributed by atoms with Crippen molar-refractivity contribution < 1.29 is 4.84 Å². The van der Waals surface area contributed by atoms with Crippen molar-refractivity contribution in [1.29, 1.82) is 0 Å². The molecule has 0 saturated carbocycles. The molecule has 1 aliphatic rings. The smallest absolute Gasteiger partial charge is 0.0699 e. The molecule has 0 radical (unpaired) electrons. The first-order valence-electron chi connectivity index (χ1n) is 7.30. The Bertz CT molecular complexity index is 213. The van der Waals surface area contributed by atoms with Crippen LogP contribution in [0.5, 0.6) is 0 Å². The predicted molar refractivity (Wildman–Crippen MR) is 74.2 cm³/mol. The largest absolute Gasteiger partial charge is 0.286 e. The maximum Gasteiger partial charge on any atom is 0.0699 e. The average molecular weight is 253 g/mol. The van der Waals surface area contributed by atoms with Gasteiger partial charge in [0.1, 0.15) is 0 Å². The first-order valence-corrected chi connectivity index (χ1v) is 7.30. The molecule has 0 atom stereocenters. The Morgan fingerprint density at radius 2 is 1.39 bits per heavy atom. The standard InChI is InChI=1S/C14H27N3O/c1-2-4-6-8-10-12-14-18-17-16-15-13-11-9-7-5-3-1/h15-17H,1-3,5,7-14H2. The predicted octanol–water partition coefficient (Wildman–Crippen LogP) is 2.43. The van der Waals surface area contributed by atoms with Crippen molar-refractivity contribution in [3.63, 3.8) is 0 Å². The maximum atomic E-state index is 5.21. The van der Waals surface area contributed by atoms with Crippen LogP contribution >= 0.6 is 0 Å². The molecule has 0 saturated heterocycles. The highest BCUT2D eigenvalue weighted by molar-refractivity contribution is 4.98. The molecule has 3 N–H and O–H groups in total. The Morgan fingerprint density at radius 3 is 2.22 bits per heavy atom. The first-order chi connectivity index (χ1) is 9.00. The molecule has 1 aliphatic heterocycles. The van der Waals surface area contributed by atoms with Crippen molar-refractivity contribution in [1.82, 2.24) is 16.5 Å². The molecule has 0 spiro atoms. The number of hydrogen-bond acceptors (Lipinski definition) is 4. The molecule has 18 heavy (non-hydrogen) atoms. The van der Waals surface area contributed by atoms with E-state index in [1.807, 2.05) is 0 Å². The lowest BCUT2D eigenvalue weighted by molar-refractivity contribution is -0.00184. The van der Waals surface area contributed by atoms with Crippen LogP contribution in [0.15, 0.2) is 0 Å². The zero-order chi connectivity index (χ0) is 12.7. The molecule has 0 fully saturated rings. The third-order valence-corrected chi connectivity index (χ3v) is 2.99. The second-order valence-corrected chi connectivity index (χ2v) is 4.68. The summed E-state index contributed by atoms with van der Waals surface area (Å²) in [4.78, 5) is 5.21. The van der Waals surface area contributed by atoms with Gasteiger partial charge in [0.15, 0.2) is 0 Å². The highest BCUT2D eigenvalue weighted by Crippen LogP contribution is 2.06. The molecule has 104 valence electrons. The van der Waals surface area contributed by atoms with Gasteiger partial charge in [-0.05, 0) is 25.7 Å². The molecule has 0 aromatic rings. The summed E-state index contributed by atoms with van der Waals surface area (Å²) >= 11 is 0. The number of rotatable bonds is 0. The van der Waals surface area contributed by atoms with Crippen molar-refractivity contribution in [3.05, 3.63) is 0 Å². The summed E-state index contributed by atoms with van der Waals surface area (Å²) in [6.07, 6.45) is 12.0. The highest BCUT2D eigenvalue weighted by Gasteiger charge is 1.92. The quantitative estimate of drug-likeness (QED) is 0.580. The Labute approximate surface area is 111 Å². The van der Waals surface area contributed by atoms with Crippen LogP contribution in [0.1, 0.15) is 64.2 Å². The van der Waals surface area contributed by atoms with Gasteiger partial charge in [0.25, 0.3) is 0 Å². The molecular weight excluding hydrogens is 226 g/mol. The molecule has 4 nitrogen and oxygen atoms in total. The number of nitrogens with one attached hydrogen (secondary N) is 3. The SMILES string of the molecule is C1#CCCCCONNNCCCCCCCC1. The molecule has 0 unspecified atom stereocenters. The van der Waals surface area contributed by atoms with Crippen LogP contribution in [0, 0.1) is 11.8 Å². The number of hydrazine groups is 2. The normalized spacial score (nSPS) is 22.2. The lowest BCUT2D eigenvalue weighted by atomic mass is 10.1. The minimum Gasteiger partial charge on any atom is -0.286 e. The van der Waals surface area contributed by atoms with E-state index in [1.54, 1.807) is 0 Å². The van der Waals surface area contributed by atoms with Crippen molar-refractivity contribution in [3.8, 4) is 11.8 Å². The van der Waals surface area contributed by atoms with Crippen molar-refractivity contribution in [2.45, 2.75) is 64.2 Å². The third-order valence-electron chi connectivity index (χ3n) is 2.99. The zero-order valence-corrected chi connectivity index (χ0v) is 11.4. The molecule has 0 aromatic carbocycles. The van der Waals surface area contributed by atoms with E-state index < -0.39 is 0 Å². The van der Waals surface area contributed by atoms with Gasteiger partial charge >= 0.3 is 0 Å². The first kappa shape index (κ1) is 15.5. The van der Waals surface area contributed by atoms with Gasteiger partial charge in [-0.25, -0.2) is 5.43 Å². The topological polar surface area (TPSA) is 45.3 Å². The van der Waals surface area contributed by atoms with Crippen LogP contribution in [-0.2, 0) is 4.84 Å². The summed E-state index contributed by atoms with van der Waals surface area (Å²) in [5.41, 5.74) is 8.61. The van der Waals surface area contributed by atoms with Crippen LogP contribution in [-0.4, -0.2) is 13.2 Å². The highest BCUT2D eigenvalue weighted by atomic mass is 16.7. The fourth-order valence-electron chi connectivity index (χ4n) is 1.88. The van der Waals surface area contributed by atoms with Gasteiger partial charge in [-0.3, -0.25) is 4.84 Å². The summed E-state index contributed by atoms with van der Waals surface area (Å²) < 4.78 is 0. The van der Waals surface area contributed by atoms with E-state index in [0.717, 1.165) is 38.8 Å². The third kappa shape index (κ3) is 10.5. The van der Waals surface area contributed by atoms with E-state index in [9.17, 15) is 0 Å². The van der Waals surface area contributed by atoms with E-state index in [4.69, 9.17) is 4.84 Å². The molecule has 1 heterocycles.